The molecule has 1 fully saturated rings. The van der Waals surface area contributed by atoms with Gasteiger partial charge in [-0.05, 0) is 55.9 Å². The van der Waals surface area contributed by atoms with Gasteiger partial charge in [0.2, 0.25) is 0 Å². The fraction of sp³-hybridized carbons (Fsp3) is 0.526. The molecule has 7 nitrogen and oxygen atoms in total. The first-order valence-corrected chi connectivity index (χ1v) is 9.19. The molecule has 26 heavy (non-hydrogen) atoms. The summed E-state index contributed by atoms with van der Waals surface area (Å²) in [4.78, 5) is 31.2. The Balaban J connectivity index is 1.74. The number of nitrogens with zero attached hydrogens (tertiary/aromatic N) is 2. The number of carbonyl (C=O) groups excluding carboxylic acids is 2. The number of aromatic nitrogens is 1. The summed E-state index contributed by atoms with van der Waals surface area (Å²) in [5, 5.41) is 6.02. The number of carbonyl (C=O) groups is 2. The zero-order valence-corrected chi connectivity index (χ0v) is 15.4. The van der Waals surface area contributed by atoms with Crippen LogP contribution >= 0.6 is 0 Å². The van der Waals surface area contributed by atoms with Crippen LogP contribution in [-0.4, -0.2) is 47.4 Å². The Bertz CT molecular complexity index is 731. The van der Waals surface area contributed by atoms with Gasteiger partial charge in [0.25, 0.3) is 0 Å². The number of nitrogens with one attached hydrogen (secondary N) is 2. The molecule has 1 aromatic heterocycles. The number of amides is 2. The molecule has 4 N–H and O–H groups in total. The zero-order valence-electron chi connectivity index (χ0n) is 15.4. The summed E-state index contributed by atoms with van der Waals surface area (Å²) in [6, 6.07) is 1.72. The Morgan fingerprint density at radius 2 is 2.19 bits per heavy atom. The van der Waals surface area contributed by atoms with Gasteiger partial charge in [0.05, 0.1) is 17.9 Å². The average molecular weight is 357 g/mol. The van der Waals surface area contributed by atoms with Crippen molar-refractivity contribution in [3.05, 3.63) is 29.5 Å². The van der Waals surface area contributed by atoms with Gasteiger partial charge in [0, 0.05) is 13.1 Å². The molecule has 0 unspecified atom stereocenters. The summed E-state index contributed by atoms with van der Waals surface area (Å²) in [6.07, 6.45) is 6.61. The molecule has 7 heteroatoms. The van der Waals surface area contributed by atoms with E-state index in [-0.39, 0.29) is 6.04 Å². The Morgan fingerprint density at radius 3 is 2.88 bits per heavy atom. The van der Waals surface area contributed by atoms with Crippen LogP contribution < -0.4 is 16.4 Å². The lowest BCUT2D eigenvalue weighted by atomic mass is 9.88. The number of hydrogen-bond acceptors (Lipinski definition) is 5. The molecule has 0 aliphatic carbocycles. The summed E-state index contributed by atoms with van der Waals surface area (Å²) < 4.78 is 0. The number of nitrogens with two attached hydrogens (primary N) is 1. The van der Waals surface area contributed by atoms with Crippen molar-refractivity contribution < 1.29 is 9.59 Å². The van der Waals surface area contributed by atoms with E-state index in [0.29, 0.717) is 24.0 Å². The van der Waals surface area contributed by atoms with Gasteiger partial charge in [0.15, 0.2) is 0 Å². The topological polar surface area (TPSA) is 100 Å². The van der Waals surface area contributed by atoms with Crippen LogP contribution in [0.2, 0.25) is 0 Å². The molecule has 3 heterocycles. The Kier molecular flexibility index (Phi) is 5.56. The average Bonchev–Trinajstić information content (AvgIpc) is 2.64. The van der Waals surface area contributed by atoms with Crippen molar-refractivity contribution in [3.8, 4) is 0 Å². The molecule has 0 radical (unpaired) electrons. The number of piperidine rings is 1. The Labute approximate surface area is 154 Å². The van der Waals surface area contributed by atoms with E-state index in [4.69, 9.17) is 5.73 Å². The van der Waals surface area contributed by atoms with Crippen molar-refractivity contribution in [1.82, 2.24) is 15.2 Å². The largest absolute Gasteiger partial charge is 0.383 e. The third kappa shape index (κ3) is 4.04. The van der Waals surface area contributed by atoms with Crippen LogP contribution in [-0.2, 0) is 9.59 Å². The number of likely N-dealkylation sites (tertiary alicyclic amines) is 1. The molecule has 0 aromatic carbocycles. The molecule has 2 atom stereocenters. The molecule has 140 valence electrons. The highest BCUT2D eigenvalue weighted by Crippen LogP contribution is 2.27. The minimum atomic E-state index is -0.626. The molecule has 0 bridgehead atoms. The van der Waals surface area contributed by atoms with Crippen molar-refractivity contribution in [2.24, 2.45) is 5.92 Å². The highest BCUT2D eigenvalue weighted by Gasteiger charge is 2.35. The monoisotopic (exact) mass is 357 g/mol. The quantitative estimate of drug-likeness (QED) is 0.549. The number of anilines is 2. The normalized spacial score (nSPS) is 23.3. The van der Waals surface area contributed by atoms with E-state index < -0.39 is 11.8 Å². The third-order valence-electron chi connectivity index (χ3n) is 5.13. The van der Waals surface area contributed by atoms with E-state index in [2.05, 4.69) is 28.6 Å². The van der Waals surface area contributed by atoms with Gasteiger partial charge >= 0.3 is 11.8 Å². The Morgan fingerprint density at radius 1 is 1.38 bits per heavy atom. The van der Waals surface area contributed by atoms with Crippen LogP contribution in [0.1, 0.15) is 31.7 Å². The molecule has 0 saturated carbocycles. The molecule has 2 aliphatic heterocycles. The van der Waals surface area contributed by atoms with Crippen LogP contribution in [0.3, 0.4) is 0 Å². The molecule has 2 amide bonds. The summed E-state index contributed by atoms with van der Waals surface area (Å²) in [7, 11) is 0. The lowest BCUT2D eigenvalue weighted by Crippen LogP contribution is -2.52. The van der Waals surface area contributed by atoms with Crippen LogP contribution in [0.5, 0.6) is 0 Å². The Hall–Kier alpha value is -2.41. The standard InChI is InChI=1S/C19H27N5O2/c1-12-5-6-16(14-4-3-7-21-9-14)24(11-12)19(26)18(25)23-15-8-13(2)17(20)22-10-15/h4,8,10,12,16,21H,3,5-7,9,11H2,1-2H3,(H2,20,22)(H,23,25)/t12-,16+/m1/s1. The lowest BCUT2D eigenvalue weighted by Gasteiger charge is -2.40. The SMILES string of the molecule is Cc1cc(NC(=O)C(=O)N2C[C@H](C)CC[C@H]2C2=CCCNC2)cnc1N. The smallest absolute Gasteiger partial charge is 0.313 e. The van der Waals surface area contributed by atoms with Gasteiger partial charge < -0.3 is 21.3 Å². The van der Waals surface area contributed by atoms with Gasteiger partial charge in [-0.2, -0.15) is 0 Å². The minimum absolute atomic E-state index is 0.00327. The van der Waals surface area contributed by atoms with Crippen LogP contribution in [0.15, 0.2) is 23.9 Å². The highest BCUT2D eigenvalue weighted by molar-refractivity contribution is 6.39. The summed E-state index contributed by atoms with van der Waals surface area (Å²) >= 11 is 0. The summed E-state index contributed by atoms with van der Waals surface area (Å²) in [5.74, 6) is -0.307. The zero-order chi connectivity index (χ0) is 18.7. The van der Waals surface area contributed by atoms with Gasteiger partial charge in [-0.25, -0.2) is 4.98 Å². The molecule has 1 aromatic rings. The predicted octanol–water partition coefficient (Wildman–Crippen LogP) is 1.46. The summed E-state index contributed by atoms with van der Waals surface area (Å²) in [6.45, 7) is 6.28. The second-order valence-electron chi connectivity index (χ2n) is 7.28. The van der Waals surface area contributed by atoms with E-state index in [1.165, 1.54) is 11.8 Å². The van der Waals surface area contributed by atoms with Gasteiger partial charge in [-0.1, -0.05) is 13.0 Å². The van der Waals surface area contributed by atoms with Crippen molar-refractivity contribution >= 4 is 23.3 Å². The molecular weight excluding hydrogens is 330 g/mol. The second-order valence-corrected chi connectivity index (χ2v) is 7.28. The highest BCUT2D eigenvalue weighted by atomic mass is 16.2. The van der Waals surface area contributed by atoms with E-state index in [1.807, 2.05) is 6.92 Å². The molecule has 0 spiro atoms. The first-order valence-electron chi connectivity index (χ1n) is 9.19. The van der Waals surface area contributed by atoms with Crippen molar-refractivity contribution in [1.29, 1.82) is 0 Å². The first-order chi connectivity index (χ1) is 12.5. The summed E-state index contributed by atoms with van der Waals surface area (Å²) in [5.41, 5.74) is 8.16. The third-order valence-corrected chi connectivity index (χ3v) is 5.13. The number of rotatable bonds is 2. The molecular formula is C19H27N5O2. The van der Waals surface area contributed by atoms with E-state index in [0.717, 1.165) is 37.9 Å². The van der Waals surface area contributed by atoms with Crippen LogP contribution in [0.25, 0.3) is 0 Å². The molecule has 3 rings (SSSR count). The fourth-order valence-corrected chi connectivity index (χ4v) is 3.65. The van der Waals surface area contributed by atoms with Crippen LogP contribution in [0.4, 0.5) is 11.5 Å². The van der Waals surface area contributed by atoms with Crippen molar-refractivity contribution in [3.63, 3.8) is 0 Å². The fourth-order valence-electron chi connectivity index (χ4n) is 3.65. The van der Waals surface area contributed by atoms with E-state index >= 15 is 0 Å². The van der Waals surface area contributed by atoms with Gasteiger partial charge in [-0.15, -0.1) is 0 Å². The second kappa shape index (κ2) is 7.86. The van der Waals surface area contributed by atoms with Gasteiger partial charge in [-0.3, -0.25) is 9.59 Å². The van der Waals surface area contributed by atoms with Crippen molar-refractivity contribution in [2.45, 2.75) is 39.2 Å². The maximum Gasteiger partial charge on any atom is 0.313 e. The van der Waals surface area contributed by atoms with E-state index in [1.54, 1.807) is 11.0 Å². The predicted molar refractivity (Wildman–Crippen MR) is 101 cm³/mol. The molecule has 1 saturated heterocycles. The van der Waals surface area contributed by atoms with Crippen LogP contribution in [0, 0.1) is 12.8 Å². The first kappa shape index (κ1) is 18.4. The number of pyridine rings is 1. The number of nitrogen functional groups attached to an aromatic ring is 1. The maximum atomic E-state index is 12.9. The molecule has 2 aliphatic rings. The van der Waals surface area contributed by atoms with Gasteiger partial charge in [0.1, 0.15) is 5.82 Å². The number of hydrogen-bond donors (Lipinski definition) is 3. The maximum absolute atomic E-state index is 12.9. The van der Waals surface area contributed by atoms with E-state index in [9.17, 15) is 9.59 Å². The lowest BCUT2D eigenvalue weighted by molar-refractivity contribution is -0.145. The number of aryl methyl sites for hydroxylation is 1. The minimum Gasteiger partial charge on any atom is -0.383 e. The van der Waals surface area contributed by atoms with Crippen molar-refractivity contribution in [2.75, 3.05) is 30.7 Å².